The van der Waals surface area contributed by atoms with E-state index in [0.717, 1.165) is 19.3 Å². The van der Waals surface area contributed by atoms with Crippen LogP contribution in [0.2, 0.25) is 0 Å². The number of esters is 2. The van der Waals surface area contributed by atoms with Gasteiger partial charge in [0.1, 0.15) is 12.2 Å². The normalized spacial score (nSPS) is 63.9. The predicted octanol–water partition coefficient (Wildman–Crippen LogP) is 2.41. The average molecular weight is 316 g/mol. The van der Waals surface area contributed by atoms with Gasteiger partial charge in [0.05, 0.1) is 11.3 Å². The lowest BCUT2D eigenvalue weighted by Crippen LogP contribution is -2.38. The summed E-state index contributed by atoms with van der Waals surface area (Å²) in [5.74, 6) is 3.90. The second-order valence-corrected chi connectivity index (χ2v) is 9.51. The molecule has 4 aliphatic carbocycles. The Labute approximate surface area is 136 Å². The summed E-state index contributed by atoms with van der Waals surface area (Å²) in [5, 5.41) is 0. The van der Waals surface area contributed by atoms with Crippen LogP contribution in [-0.4, -0.2) is 24.1 Å². The molecule has 6 aliphatic rings. The molecule has 4 nitrogen and oxygen atoms in total. The van der Waals surface area contributed by atoms with Crippen LogP contribution in [0.5, 0.6) is 0 Å². The number of carbonyl (C=O) groups is 2. The summed E-state index contributed by atoms with van der Waals surface area (Å²) in [6.07, 6.45) is 4.75. The summed E-state index contributed by atoms with van der Waals surface area (Å²) in [6.45, 7) is 4.37. The topological polar surface area (TPSA) is 52.6 Å². The van der Waals surface area contributed by atoms with Crippen molar-refractivity contribution in [3.63, 3.8) is 0 Å². The predicted molar refractivity (Wildman–Crippen MR) is 79.9 cm³/mol. The van der Waals surface area contributed by atoms with E-state index < -0.39 is 0 Å². The summed E-state index contributed by atoms with van der Waals surface area (Å²) in [6, 6.07) is 0. The number of ether oxygens (including phenoxy) is 2. The van der Waals surface area contributed by atoms with Crippen molar-refractivity contribution in [1.29, 1.82) is 0 Å². The molecule has 0 aromatic carbocycles. The van der Waals surface area contributed by atoms with E-state index in [1.165, 1.54) is 6.42 Å². The van der Waals surface area contributed by atoms with E-state index in [-0.39, 0.29) is 35.5 Å². The van der Waals surface area contributed by atoms with Crippen molar-refractivity contribution in [2.24, 2.45) is 52.8 Å². The van der Waals surface area contributed by atoms with Crippen LogP contribution in [0.15, 0.2) is 0 Å². The van der Waals surface area contributed by atoms with Gasteiger partial charge in [-0.05, 0) is 62.2 Å². The van der Waals surface area contributed by atoms with E-state index in [0.29, 0.717) is 41.4 Å². The molecule has 0 aromatic heterocycles. The first-order chi connectivity index (χ1) is 11.0. The fourth-order valence-electron chi connectivity index (χ4n) is 7.93. The highest BCUT2D eigenvalue weighted by Crippen LogP contribution is 2.67. The summed E-state index contributed by atoms with van der Waals surface area (Å²) in [5.41, 5.74) is -0.203. The molecule has 0 amide bonds. The van der Waals surface area contributed by atoms with E-state index in [4.69, 9.17) is 9.47 Å². The number of fused-ring (bicyclic) bond motifs is 2. The highest BCUT2D eigenvalue weighted by atomic mass is 16.6. The van der Waals surface area contributed by atoms with Crippen molar-refractivity contribution in [1.82, 2.24) is 0 Å². The Morgan fingerprint density at radius 3 is 2.74 bits per heavy atom. The quantitative estimate of drug-likeness (QED) is 0.734. The largest absolute Gasteiger partial charge is 0.462 e. The molecule has 0 spiro atoms. The molecule has 0 radical (unpaired) electrons. The fraction of sp³-hybridized carbons (Fsp3) is 0.895. The number of carbonyl (C=O) groups excluding carboxylic acids is 2. The molecular formula is C19H24O4. The third-order valence-corrected chi connectivity index (χ3v) is 8.90. The minimum absolute atomic E-state index is 0.0409. The molecule has 0 N–H and O–H groups in total. The zero-order chi connectivity index (χ0) is 15.7. The lowest BCUT2D eigenvalue weighted by molar-refractivity contribution is -0.148. The van der Waals surface area contributed by atoms with Crippen LogP contribution in [-0.2, 0) is 19.1 Å². The van der Waals surface area contributed by atoms with Gasteiger partial charge in [-0.25, -0.2) is 0 Å². The van der Waals surface area contributed by atoms with Crippen molar-refractivity contribution in [2.75, 3.05) is 0 Å². The van der Waals surface area contributed by atoms with Crippen LogP contribution in [0, 0.1) is 52.8 Å². The standard InChI is InChI=1S/C19H24O4/c1-7-9-4-12-14(17(20)22-15(7)12)11(9)5-10-8-3-13-16(10)23-18(21)19(13,2)6-8/h7-16H,3-6H2,1-2H3/t7-,8?,9?,10?,11+,12?,13?,14?,15?,16?,19-/m1/s1. The van der Waals surface area contributed by atoms with Gasteiger partial charge in [-0.2, -0.15) is 0 Å². The molecule has 11 atom stereocenters. The zero-order valence-corrected chi connectivity index (χ0v) is 13.7. The SMILES string of the molecule is C[C@H]1C2OC(=O)C3C2CC1[C@@H]3CC1C2CC3C1OC(=O)[C@]3(C)C2. The Morgan fingerprint density at radius 2 is 1.91 bits per heavy atom. The summed E-state index contributed by atoms with van der Waals surface area (Å²) >= 11 is 0. The third kappa shape index (κ3) is 1.30. The van der Waals surface area contributed by atoms with Gasteiger partial charge in [0.15, 0.2) is 0 Å². The van der Waals surface area contributed by atoms with Crippen LogP contribution >= 0.6 is 0 Å². The fourth-order valence-corrected chi connectivity index (χ4v) is 7.93. The van der Waals surface area contributed by atoms with E-state index in [9.17, 15) is 9.59 Å². The summed E-state index contributed by atoms with van der Waals surface area (Å²) in [4.78, 5) is 24.6. The maximum atomic E-state index is 12.3. The minimum atomic E-state index is -0.203. The second kappa shape index (κ2) is 3.78. The van der Waals surface area contributed by atoms with Crippen molar-refractivity contribution in [3.8, 4) is 0 Å². The Hall–Kier alpha value is -1.06. The molecule has 0 aromatic rings. The van der Waals surface area contributed by atoms with E-state index >= 15 is 0 Å². The van der Waals surface area contributed by atoms with E-state index in [2.05, 4.69) is 13.8 Å². The Morgan fingerprint density at radius 1 is 1.09 bits per heavy atom. The minimum Gasteiger partial charge on any atom is -0.462 e. The molecule has 2 saturated heterocycles. The molecule has 2 aliphatic heterocycles. The second-order valence-electron chi connectivity index (χ2n) is 9.51. The first-order valence-corrected chi connectivity index (χ1v) is 9.40. The smallest absolute Gasteiger partial charge is 0.312 e. The number of hydrogen-bond acceptors (Lipinski definition) is 4. The first-order valence-electron chi connectivity index (χ1n) is 9.40. The highest BCUT2D eigenvalue weighted by Gasteiger charge is 2.70. The number of hydrogen-bond donors (Lipinski definition) is 0. The molecule has 2 heterocycles. The van der Waals surface area contributed by atoms with Gasteiger partial charge in [0, 0.05) is 11.8 Å². The van der Waals surface area contributed by atoms with E-state index in [1.807, 2.05) is 0 Å². The Kier molecular flexibility index (Phi) is 2.18. The van der Waals surface area contributed by atoms with Gasteiger partial charge in [-0.3, -0.25) is 9.59 Å². The van der Waals surface area contributed by atoms with Crippen LogP contribution in [0.3, 0.4) is 0 Å². The summed E-state index contributed by atoms with van der Waals surface area (Å²) < 4.78 is 11.5. The van der Waals surface area contributed by atoms with Crippen molar-refractivity contribution >= 4 is 11.9 Å². The van der Waals surface area contributed by atoms with Gasteiger partial charge in [0.2, 0.25) is 0 Å². The maximum absolute atomic E-state index is 12.3. The van der Waals surface area contributed by atoms with Crippen LogP contribution < -0.4 is 0 Å². The molecule has 23 heavy (non-hydrogen) atoms. The molecule has 4 saturated carbocycles. The highest BCUT2D eigenvalue weighted by molar-refractivity contribution is 5.80. The van der Waals surface area contributed by atoms with Crippen LogP contribution in [0.1, 0.15) is 39.5 Å². The lowest BCUT2D eigenvalue weighted by Gasteiger charge is -2.36. The third-order valence-electron chi connectivity index (χ3n) is 8.90. The Bertz CT molecular complexity index is 629. The molecule has 8 unspecified atom stereocenters. The lowest BCUT2D eigenvalue weighted by atomic mass is 9.66. The van der Waals surface area contributed by atoms with Crippen molar-refractivity contribution < 1.29 is 19.1 Å². The average Bonchev–Trinajstić information content (AvgIpc) is 3.25. The molecule has 124 valence electrons. The molecule has 6 rings (SSSR count). The molecule has 4 bridgehead atoms. The van der Waals surface area contributed by atoms with E-state index in [1.54, 1.807) is 0 Å². The van der Waals surface area contributed by atoms with Gasteiger partial charge in [-0.15, -0.1) is 0 Å². The van der Waals surface area contributed by atoms with Gasteiger partial charge in [-0.1, -0.05) is 6.92 Å². The van der Waals surface area contributed by atoms with Crippen molar-refractivity contribution in [2.45, 2.75) is 51.7 Å². The van der Waals surface area contributed by atoms with Crippen molar-refractivity contribution in [3.05, 3.63) is 0 Å². The first kappa shape index (κ1) is 13.3. The molecule has 6 fully saturated rings. The van der Waals surface area contributed by atoms with Crippen LogP contribution in [0.4, 0.5) is 0 Å². The maximum Gasteiger partial charge on any atom is 0.312 e. The Balaban J connectivity index is 1.30. The zero-order valence-electron chi connectivity index (χ0n) is 13.7. The number of rotatable bonds is 2. The van der Waals surface area contributed by atoms with Gasteiger partial charge >= 0.3 is 11.9 Å². The molecular weight excluding hydrogens is 292 g/mol. The monoisotopic (exact) mass is 316 g/mol. The summed E-state index contributed by atoms with van der Waals surface area (Å²) in [7, 11) is 0. The van der Waals surface area contributed by atoms with Gasteiger partial charge in [0.25, 0.3) is 0 Å². The van der Waals surface area contributed by atoms with Crippen LogP contribution in [0.25, 0.3) is 0 Å². The molecule has 4 heteroatoms. The van der Waals surface area contributed by atoms with Gasteiger partial charge < -0.3 is 9.47 Å².